The lowest BCUT2D eigenvalue weighted by Crippen LogP contribution is -2.29. The van der Waals surface area contributed by atoms with Gasteiger partial charge in [-0.1, -0.05) is 12.1 Å². The summed E-state index contributed by atoms with van der Waals surface area (Å²) in [5.41, 5.74) is 4.29. The Bertz CT molecular complexity index is 490. The van der Waals surface area contributed by atoms with E-state index in [1.807, 2.05) is 0 Å². The SMILES string of the molecule is O=C(O)C1CCC(Nc2cccc3c2CCCC3)CC1. The zero-order valence-corrected chi connectivity index (χ0v) is 11.9. The third-order valence-electron chi connectivity index (χ3n) is 4.83. The second kappa shape index (κ2) is 5.86. The van der Waals surface area contributed by atoms with Gasteiger partial charge in [-0.2, -0.15) is 0 Å². The zero-order chi connectivity index (χ0) is 13.9. The molecular formula is C17H23NO2. The van der Waals surface area contributed by atoms with E-state index in [1.54, 1.807) is 0 Å². The average molecular weight is 273 g/mol. The molecule has 3 nitrogen and oxygen atoms in total. The summed E-state index contributed by atoms with van der Waals surface area (Å²) in [5, 5.41) is 12.7. The summed E-state index contributed by atoms with van der Waals surface area (Å²) in [6.45, 7) is 0. The van der Waals surface area contributed by atoms with E-state index in [9.17, 15) is 4.79 Å². The smallest absolute Gasteiger partial charge is 0.306 e. The van der Waals surface area contributed by atoms with Crippen molar-refractivity contribution in [3.8, 4) is 0 Å². The van der Waals surface area contributed by atoms with Crippen LogP contribution in [0.5, 0.6) is 0 Å². The first-order valence-electron chi connectivity index (χ1n) is 7.84. The Morgan fingerprint density at radius 3 is 2.60 bits per heavy atom. The second-order valence-electron chi connectivity index (χ2n) is 6.18. The molecule has 0 radical (unpaired) electrons. The molecule has 0 spiro atoms. The number of benzene rings is 1. The van der Waals surface area contributed by atoms with Gasteiger partial charge >= 0.3 is 5.97 Å². The van der Waals surface area contributed by atoms with Gasteiger partial charge in [-0.3, -0.25) is 4.79 Å². The number of rotatable bonds is 3. The average Bonchev–Trinajstić information content (AvgIpc) is 2.48. The molecular weight excluding hydrogens is 250 g/mol. The standard InChI is InChI=1S/C17H23NO2/c19-17(20)13-8-10-14(11-9-13)18-16-7-3-5-12-4-1-2-6-15(12)16/h3,5,7,13-14,18H,1-2,4,6,8-11H2,(H,19,20). The van der Waals surface area contributed by atoms with Gasteiger partial charge in [0.1, 0.15) is 0 Å². The molecule has 2 N–H and O–H groups in total. The minimum atomic E-state index is -0.624. The first kappa shape index (κ1) is 13.5. The van der Waals surface area contributed by atoms with Crippen molar-refractivity contribution in [2.75, 3.05) is 5.32 Å². The van der Waals surface area contributed by atoms with E-state index < -0.39 is 5.97 Å². The van der Waals surface area contributed by atoms with Crippen LogP contribution < -0.4 is 5.32 Å². The van der Waals surface area contributed by atoms with E-state index in [4.69, 9.17) is 5.11 Å². The molecule has 20 heavy (non-hydrogen) atoms. The number of anilines is 1. The Hall–Kier alpha value is -1.51. The van der Waals surface area contributed by atoms with E-state index in [0.717, 1.165) is 25.7 Å². The van der Waals surface area contributed by atoms with Crippen LogP contribution in [0.4, 0.5) is 5.69 Å². The van der Waals surface area contributed by atoms with Crippen LogP contribution in [0.2, 0.25) is 0 Å². The molecule has 0 aromatic heterocycles. The van der Waals surface area contributed by atoms with Crippen LogP contribution in [-0.4, -0.2) is 17.1 Å². The van der Waals surface area contributed by atoms with Crippen LogP contribution in [0.1, 0.15) is 49.7 Å². The van der Waals surface area contributed by atoms with Crippen molar-refractivity contribution >= 4 is 11.7 Å². The van der Waals surface area contributed by atoms with Gasteiger partial charge in [0.15, 0.2) is 0 Å². The van der Waals surface area contributed by atoms with Gasteiger partial charge in [0, 0.05) is 11.7 Å². The molecule has 1 aromatic rings. The molecule has 1 fully saturated rings. The highest BCUT2D eigenvalue weighted by Crippen LogP contribution is 2.31. The second-order valence-corrected chi connectivity index (χ2v) is 6.18. The number of carbonyl (C=O) groups is 1. The fourth-order valence-electron chi connectivity index (χ4n) is 3.62. The predicted octanol–water partition coefficient (Wildman–Crippen LogP) is 3.62. The Labute approximate surface area is 120 Å². The van der Waals surface area contributed by atoms with Gasteiger partial charge in [-0.05, 0) is 68.6 Å². The third-order valence-corrected chi connectivity index (χ3v) is 4.83. The minimum absolute atomic E-state index is 0.127. The number of hydrogen-bond acceptors (Lipinski definition) is 2. The largest absolute Gasteiger partial charge is 0.481 e. The summed E-state index contributed by atoms with van der Waals surface area (Å²) >= 11 is 0. The predicted molar refractivity (Wildman–Crippen MR) is 80.1 cm³/mol. The summed E-state index contributed by atoms with van der Waals surface area (Å²) in [6, 6.07) is 7.03. The fourth-order valence-corrected chi connectivity index (χ4v) is 3.62. The molecule has 0 saturated heterocycles. The summed E-state index contributed by atoms with van der Waals surface area (Å²) in [5.74, 6) is -0.752. The number of fused-ring (bicyclic) bond motifs is 1. The highest BCUT2D eigenvalue weighted by atomic mass is 16.4. The monoisotopic (exact) mass is 273 g/mol. The van der Waals surface area contributed by atoms with Gasteiger partial charge in [-0.25, -0.2) is 0 Å². The maximum Gasteiger partial charge on any atom is 0.306 e. The van der Waals surface area contributed by atoms with Crippen molar-refractivity contribution in [3.63, 3.8) is 0 Å². The van der Waals surface area contributed by atoms with E-state index in [2.05, 4.69) is 23.5 Å². The topological polar surface area (TPSA) is 49.3 Å². The van der Waals surface area contributed by atoms with Gasteiger partial charge in [0.25, 0.3) is 0 Å². The molecule has 108 valence electrons. The van der Waals surface area contributed by atoms with Crippen molar-refractivity contribution in [3.05, 3.63) is 29.3 Å². The molecule has 0 amide bonds. The molecule has 2 aliphatic carbocycles. The molecule has 1 saturated carbocycles. The molecule has 2 aliphatic rings. The van der Waals surface area contributed by atoms with Crippen molar-refractivity contribution in [2.45, 2.75) is 57.4 Å². The highest BCUT2D eigenvalue weighted by Gasteiger charge is 2.26. The van der Waals surface area contributed by atoms with Crippen LogP contribution in [-0.2, 0) is 17.6 Å². The molecule has 0 heterocycles. The van der Waals surface area contributed by atoms with E-state index >= 15 is 0 Å². The van der Waals surface area contributed by atoms with Crippen LogP contribution >= 0.6 is 0 Å². The quantitative estimate of drug-likeness (QED) is 0.884. The summed E-state index contributed by atoms with van der Waals surface area (Å²) in [4.78, 5) is 11.0. The number of aryl methyl sites for hydroxylation is 1. The van der Waals surface area contributed by atoms with Crippen LogP contribution in [0.25, 0.3) is 0 Å². The van der Waals surface area contributed by atoms with Crippen LogP contribution in [0, 0.1) is 5.92 Å². The van der Waals surface area contributed by atoms with E-state index in [-0.39, 0.29) is 5.92 Å². The molecule has 0 unspecified atom stereocenters. The maximum atomic E-state index is 11.0. The Morgan fingerprint density at radius 1 is 1.10 bits per heavy atom. The van der Waals surface area contributed by atoms with Crippen LogP contribution in [0.3, 0.4) is 0 Å². The summed E-state index contributed by atoms with van der Waals surface area (Å²) in [6.07, 6.45) is 8.54. The molecule has 0 aliphatic heterocycles. The summed E-state index contributed by atoms with van der Waals surface area (Å²) < 4.78 is 0. The van der Waals surface area contributed by atoms with Gasteiger partial charge < -0.3 is 10.4 Å². The molecule has 3 heteroatoms. The highest BCUT2D eigenvalue weighted by molar-refractivity contribution is 5.70. The van der Waals surface area contributed by atoms with Gasteiger partial charge in [0.05, 0.1) is 5.92 Å². The van der Waals surface area contributed by atoms with E-state index in [1.165, 1.54) is 42.5 Å². The Kier molecular flexibility index (Phi) is 3.95. The molecule has 0 bridgehead atoms. The lowest BCUT2D eigenvalue weighted by molar-refractivity contribution is -0.142. The van der Waals surface area contributed by atoms with Crippen molar-refractivity contribution in [2.24, 2.45) is 5.92 Å². The third kappa shape index (κ3) is 2.82. The lowest BCUT2D eigenvalue weighted by atomic mass is 9.85. The van der Waals surface area contributed by atoms with Crippen molar-refractivity contribution in [1.82, 2.24) is 0 Å². The number of aliphatic carboxylic acids is 1. The lowest BCUT2D eigenvalue weighted by Gasteiger charge is -2.29. The summed E-state index contributed by atoms with van der Waals surface area (Å²) in [7, 11) is 0. The maximum absolute atomic E-state index is 11.0. The zero-order valence-electron chi connectivity index (χ0n) is 11.9. The molecule has 1 aromatic carbocycles. The van der Waals surface area contributed by atoms with Crippen molar-refractivity contribution < 1.29 is 9.90 Å². The Morgan fingerprint density at radius 2 is 1.85 bits per heavy atom. The Balaban J connectivity index is 1.66. The van der Waals surface area contributed by atoms with E-state index in [0.29, 0.717) is 6.04 Å². The molecule has 3 rings (SSSR count). The van der Waals surface area contributed by atoms with Gasteiger partial charge in [-0.15, -0.1) is 0 Å². The van der Waals surface area contributed by atoms with Gasteiger partial charge in [0.2, 0.25) is 0 Å². The normalized spacial score (nSPS) is 25.8. The first-order chi connectivity index (χ1) is 9.74. The minimum Gasteiger partial charge on any atom is -0.481 e. The number of nitrogens with one attached hydrogen (secondary N) is 1. The van der Waals surface area contributed by atoms with Crippen molar-refractivity contribution in [1.29, 1.82) is 0 Å². The molecule has 0 atom stereocenters. The fraction of sp³-hybridized carbons (Fsp3) is 0.588. The first-order valence-corrected chi connectivity index (χ1v) is 7.84. The number of carboxylic acids is 1. The number of hydrogen-bond donors (Lipinski definition) is 2. The number of carboxylic acid groups (broad SMARTS) is 1. The van der Waals surface area contributed by atoms with Crippen LogP contribution in [0.15, 0.2) is 18.2 Å².